The number of hydrogen-bond donors (Lipinski definition) is 3. The molecule has 0 spiro atoms. The molecule has 0 aromatic carbocycles. The van der Waals surface area contributed by atoms with Crippen molar-refractivity contribution in [3.05, 3.63) is 57.0 Å². The minimum Gasteiger partial charge on any atom is -0.356 e. The lowest BCUT2D eigenvalue weighted by Crippen LogP contribution is -2.25. The summed E-state index contributed by atoms with van der Waals surface area (Å²) in [5.74, 6) is -0.497. The molecule has 3 N–H and O–H groups in total. The standard InChI is InChI=1S/C20H24N4O3S/c25-17(21-12-10-14-5-2-1-3-6-14)9-8-15-13-28-20(23-15)24-19(27)16-7-4-11-22-18(16)26/h4-5,7,11,13H,1-3,6,8-10,12H2,(H,21,25)(H,22,26)(H,23,24,27). The topological polar surface area (TPSA) is 104 Å². The number of nitrogens with one attached hydrogen (secondary N) is 3. The van der Waals surface area contributed by atoms with Crippen molar-refractivity contribution in [1.82, 2.24) is 15.3 Å². The van der Waals surface area contributed by atoms with Gasteiger partial charge in [-0.3, -0.25) is 19.7 Å². The number of thiazole rings is 1. The van der Waals surface area contributed by atoms with Crippen molar-refractivity contribution in [1.29, 1.82) is 0 Å². The van der Waals surface area contributed by atoms with Crippen molar-refractivity contribution in [2.24, 2.45) is 0 Å². The molecule has 7 nitrogen and oxygen atoms in total. The molecule has 148 valence electrons. The fraction of sp³-hybridized carbons (Fsp3) is 0.400. The summed E-state index contributed by atoms with van der Waals surface area (Å²) in [5, 5.41) is 7.79. The highest BCUT2D eigenvalue weighted by Crippen LogP contribution is 2.19. The van der Waals surface area contributed by atoms with E-state index in [2.05, 4.69) is 26.7 Å². The van der Waals surface area contributed by atoms with Crippen molar-refractivity contribution in [3.8, 4) is 0 Å². The summed E-state index contributed by atoms with van der Waals surface area (Å²) < 4.78 is 0. The maximum Gasteiger partial charge on any atom is 0.263 e. The highest BCUT2D eigenvalue weighted by molar-refractivity contribution is 7.14. The first-order valence-electron chi connectivity index (χ1n) is 9.50. The van der Waals surface area contributed by atoms with Crippen molar-refractivity contribution in [2.45, 2.75) is 44.9 Å². The predicted molar refractivity (Wildman–Crippen MR) is 110 cm³/mol. The molecule has 8 heteroatoms. The zero-order valence-electron chi connectivity index (χ0n) is 15.6. The molecule has 0 fully saturated rings. The molecule has 2 aromatic rings. The Bertz CT molecular complexity index is 916. The van der Waals surface area contributed by atoms with Crippen LogP contribution >= 0.6 is 11.3 Å². The van der Waals surface area contributed by atoms with Crippen molar-refractivity contribution < 1.29 is 9.59 Å². The van der Waals surface area contributed by atoms with E-state index in [9.17, 15) is 14.4 Å². The molecule has 2 amide bonds. The minimum atomic E-state index is -0.502. The van der Waals surface area contributed by atoms with Gasteiger partial charge in [0.2, 0.25) is 5.91 Å². The number of allylic oxidation sites excluding steroid dienone is 1. The number of H-pyrrole nitrogens is 1. The molecule has 0 unspecified atom stereocenters. The molecule has 0 radical (unpaired) electrons. The normalized spacial score (nSPS) is 13.6. The third kappa shape index (κ3) is 5.88. The van der Waals surface area contributed by atoms with Crippen LogP contribution in [0.3, 0.4) is 0 Å². The van der Waals surface area contributed by atoms with Gasteiger partial charge in [0.05, 0.1) is 5.69 Å². The van der Waals surface area contributed by atoms with E-state index >= 15 is 0 Å². The van der Waals surface area contributed by atoms with Crippen LogP contribution in [0.5, 0.6) is 0 Å². The van der Waals surface area contributed by atoms with Gasteiger partial charge in [0, 0.05) is 24.5 Å². The van der Waals surface area contributed by atoms with Crippen LogP contribution in [0.25, 0.3) is 0 Å². The number of carbonyl (C=O) groups excluding carboxylic acids is 2. The van der Waals surface area contributed by atoms with E-state index in [1.54, 1.807) is 6.07 Å². The van der Waals surface area contributed by atoms with Gasteiger partial charge in [-0.25, -0.2) is 4.98 Å². The summed E-state index contributed by atoms with van der Waals surface area (Å²) in [5.41, 5.74) is 1.78. The third-order valence-electron chi connectivity index (χ3n) is 4.60. The zero-order chi connectivity index (χ0) is 19.8. The van der Waals surface area contributed by atoms with Crippen LogP contribution in [0.4, 0.5) is 5.13 Å². The van der Waals surface area contributed by atoms with Crippen LogP contribution < -0.4 is 16.2 Å². The molecule has 0 atom stereocenters. The molecule has 28 heavy (non-hydrogen) atoms. The van der Waals surface area contributed by atoms with E-state index in [1.807, 2.05) is 5.38 Å². The number of rotatable bonds is 8. The lowest BCUT2D eigenvalue weighted by molar-refractivity contribution is -0.121. The van der Waals surface area contributed by atoms with Crippen LogP contribution in [0.15, 0.2) is 40.2 Å². The molecular formula is C20H24N4O3S. The van der Waals surface area contributed by atoms with Gasteiger partial charge >= 0.3 is 0 Å². The van der Waals surface area contributed by atoms with Gasteiger partial charge < -0.3 is 10.3 Å². The largest absolute Gasteiger partial charge is 0.356 e. The monoisotopic (exact) mass is 400 g/mol. The second-order valence-electron chi connectivity index (χ2n) is 6.72. The highest BCUT2D eigenvalue weighted by Gasteiger charge is 2.13. The maximum absolute atomic E-state index is 12.1. The zero-order valence-corrected chi connectivity index (χ0v) is 16.4. The summed E-state index contributed by atoms with van der Waals surface area (Å²) >= 11 is 1.27. The third-order valence-corrected chi connectivity index (χ3v) is 5.40. The second kappa shape index (κ2) is 9.98. The van der Waals surface area contributed by atoms with E-state index in [1.165, 1.54) is 42.0 Å². The van der Waals surface area contributed by atoms with E-state index in [4.69, 9.17) is 0 Å². The van der Waals surface area contributed by atoms with Gasteiger partial charge in [-0.15, -0.1) is 11.3 Å². The smallest absolute Gasteiger partial charge is 0.263 e. The Hall–Kier alpha value is -2.74. The predicted octanol–water partition coefficient (Wildman–Crippen LogP) is 3.02. The average Bonchev–Trinajstić information content (AvgIpc) is 3.15. The molecule has 2 heterocycles. The fourth-order valence-corrected chi connectivity index (χ4v) is 3.81. The van der Waals surface area contributed by atoms with E-state index in [0.29, 0.717) is 24.5 Å². The SMILES string of the molecule is O=C(CCc1csc(NC(=O)c2ccc[nH]c2=O)n1)NCCC1=CCCCC1. The average molecular weight is 401 g/mol. The fourth-order valence-electron chi connectivity index (χ4n) is 3.07. The molecular weight excluding hydrogens is 376 g/mol. The number of pyridine rings is 1. The molecule has 1 aliphatic carbocycles. The Morgan fingerprint density at radius 2 is 2.14 bits per heavy atom. The van der Waals surface area contributed by atoms with Gasteiger partial charge in [-0.1, -0.05) is 11.6 Å². The Kier molecular flexibility index (Phi) is 7.13. The number of aryl methyl sites for hydroxylation is 1. The van der Waals surface area contributed by atoms with Crippen molar-refractivity contribution in [2.75, 3.05) is 11.9 Å². The lowest BCUT2D eigenvalue weighted by atomic mass is 9.97. The number of amides is 2. The molecule has 0 aliphatic heterocycles. The summed E-state index contributed by atoms with van der Waals surface area (Å²) in [6.07, 6.45) is 10.4. The first-order valence-corrected chi connectivity index (χ1v) is 10.4. The number of carbonyl (C=O) groups is 2. The van der Waals surface area contributed by atoms with Crippen molar-refractivity contribution in [3.63, 3.8) is 0 Å². The molecule has 0 bridgehead atoms. The number of anilines is 1. The number of nitrogens with zero attached hydrogens (tertiary/aromatic N) is 1. The van der Waals surface area contributed by atoms with E-state index in [-0.39, 0.29) is 11.5 Å². The Balaban J connectivity index is 1.41. The molecule has 0 saturated heterocycles. The van der Waals surface area contributed by atoms with Gasteiger partial charge in [-0.2, -0.15) is 0 Å². The number of aromatic nitrogens is 2. The maximum atomic E-state index is 12.1. The van der Waals surface area contributed by atoms with Crippen molar-refractivity contribution >= 4 is 28.3 Å². The van der Waals surface area contributed by atoms with Gasteiger partial charge in [-0.05, 0) is 50.7 Å². The Labute approximate surface area is 167 Å². The van der Waals surface area contributed by atoms with Crippen LogP contribution in [0.2, 0.25) is 0 Å². The quantitative estimate of drug-likeness (QED) is 0.593. The molecule has 2 aromatic heterocycles. The second-order valence-corrected chi connectivity index (χ2v) is 7.58. The first kappa shape index (κ1) is 20.0. The summed E-state index contributed by atoms with van der Waals surface area (Å²) in [6, 6.07) is 3.05. The van der Waals surface area contributed by atoms with Crippen LogP contribution in [-0.4, -0.2) is 28.3 Å². The molecule has 0 saturated carbocycles. The van der Waals surface area contributed by atoms with Gasteiger partial charge in [0.15, 0.2) is 5.13 Å². The van der Waals surface area contributed by atoms with Gasteiger partial charge in [0.1, 0.15) is 5.56 Å². The van der Waals surface area contributed by atoms with E-state index in [0.717, 1.165) is 25.0 Å². The van der Waals surface area contributed by atoms with Crippen LogP contribution in [-0.2, 0) is 11.2 Å². The number of hydrogen-bond acceptors (Lipinski definition) is 5. The number of aromatic amines is 1. The summed E-state index contributed by atoms with van der Waals surface area (Å²) in [4.78, 5) is 42.5. The molecule has 1 aliphatic rings. The lowest BCUT2D eigenvalue weighted by Gasteiger charge is -2.12. The molecule has 3 rings (SSSR count). The minimum absolute atomic E-state index is 0.00538. The summed E-state index contributed by atoms with van der Waals surface area (Å²) in [6.45, 7) is 0.675. The Morgan fingerprint density at radius 3 is 2.93 bits per heavy atom. The van der Waals surface area contributed by atoms with E-state index < -0.39 is 11.5 Å². The van der Waals surface area contributed by atoms with Crippen LogP contribution in [0, 0.1) is 0 Å². The summed E-state index contributed by atoms with van der Waals surface area (Å²) in [7, 11) is 0. The first-order chi connectivity index (χ1) is 13.6. The van der Waals surface area contributed by atoms with Crippen LogP contribution in [0.1, 0.15) is 54.6 Å². The van der Waals surface area contributed by atoms with Gasteiger partial charge in [0.25, 0.3) is 11.5 Å². The Morgan fingerprint density at radius 1 is 1.25 bits per heavy atom. The highest BCUT2D eigenvalue weighted by atomic mass is 32.1.